The molecule has 4 rings (SSSR count). The molecule has 0 fully saturated rings. The molecule has 0 saturated heterocycles. The number of aromatic nitrogens is 2. The highest BCUT2D eigenvalue weighted by molar-refractivity contribution is 7.99. The number of thiazole rings is 1. The van der Waals surface area contributed by atoms with Gasteiger partial charge in [-0.25, -0.2) is 4.98 Å². The van der Waals surface area contributed by atoms with Gasteiger partial charge in [0.25, 0.3) is 0 Å². The number of pyridine rings is 1. The lowest BCUT2D eigenvalue weighted by Crippen LogP contribution is -2.30. The summed E-state index contributed by atoms with van der Waals surface area (Å²) in [6.45, 7) is 4.59. The van der Waals surface area contributed by atoms with Gasteiger partial charge in [0.1, 0.15) is 0 Å². The molecule has 4 nitrogen and oxygen atoms in total. The van der Waals surface area contributed by atoms with Crippen molar-refractivity contribution in [3.63, 3.8) is 0 Å². The zero-order chi connectivity index (χ0) is 21.6. The smallest absolute Gasteiger partial charge is 0.229 e. The fourth-order valence-corrected chi connectivity index (χ4v) is 5.17. The van der Waals surface area contributed by atoms with Gasteiger partial charge in [-0.2, -0.15) is 0 Å². The third-order valence-electron chi connectivity index (χ3n) is 4.94. The van der Waals surface area contributed by atoms with Gasteiger partial charge in [0, 0.05) is 17.5 Å². The molecule has 1 amide bonds. The van der Waals surface area contributed by atoms with Crippen LogP contribution in [0.4, 0.5) is 5.13 Å². The topological polar surface area (TPSA) is 46.1 Å². The summed E-state index contributed by atoms with van der Waals surface area (Å²) >= 11 is 3.36. The molecule has 4 aromatic rings. The minimum Gasteiger partial charge on any atom is -0.282 e. The Labute approximate surface area is 191 Å². The Morgan fingerprint density at radius 3 is 2.61 bits per heavy atom. The molecule has 0 unspecified atom stereocenters. The van der Waals surface area contributed by atoms with Crippen LogP contribution in [0, 0.1) is 13.8 Å². The number of carbonyl (C=O) groups excluding carboxylic acids is 1. The summed E-state index contributed by atoms with van der Waals surface area (Å²) in [7, 11) is 0. The van der Waals surface area contributed by atoms with E-state index in [9.17, 15) is 4.79 Å². The molecule has 0 atom stereocenters. The Morgan fingerprint density at radius 1 is 1.03 bits per heavy atom. The Morgan fingerprint density at radius 2 is 1.84 bits per heavy atom. The number of anilines is 1. The fraction of sp³-hybridized carbons (Fsp3) is 0.240. The molecule has 158 valence electrons. The summed E-state index contributed by atoms with van der Waals surface area (Å²) < 4.78 is 1.10. The predicted molar refractivity (Wildman–Crippen MR) is 131 cm³/mol. The molecule has 0 aliphatic heterocycles. The van der Waals surface area contributed by atoms with Crippen molar-refractivity contribution in [3.05, 3.63) is 83.7 Å². The number of carbonyl (C=O) groups is 1. The van der Waals surface area contributed by atoms with Crippen molar-refractivity contribution < 1.29 is 4.79 Å². The third kappa shape index (κ3) is 5.71. The van der Waals surface area contributed by atoms with Gasteiger partial charge in [-0.1, -0.05) is 41.2 Å². The van der Waals surface area contributed by atoms with E-state index in [4.69, 9.17) is 4.98 Å². The normalized spacial score (nSPS) is 11.0. The number of aryl methyl sites for hydroxylation is 2. The van der Waals surface area contributed by atoms with E-state index in [0.717, 1.165) is 33.2 Å². The van der Waals surface area contributed by atoms with Crippen LogP contribution in [0.5, 0.6) is 0 Å². The molecule has 0 bridgehead atoms. The van der Waals surface area contributed by atoms with E-state index < -0.39 is 0 Å². The maximum Gasteiger partial charge on any atom is 0.229 e. The molecule has 31 heavy (non-hydrogen) atoms. The van der Waals surface area contributed by atoms with E-state index in [2.05, 4.69) is 55.2 Å². The second-order valence-electron chi connectivity index (χ2n) is 7.53. The summed E-state index contributed by atoms with van der Waals surface area (Å²) in [5.74, 6) is 0.997. The molecule has 6 heteroatoms. The quantitative estimate of drug-likeness (QED) is 0.231. The highest BCUT2D eigenvalue weighted by atomic mass is 32.2. The number of hydrogen-bond donors (Lipinski definition) is 0. The monoisotopic (exact) mass is 447 g/mol. The van der Waals surface area contributed by atoms with Crippen LogP contribution in [0.1, 0.15) is 29.7 Å². The molecule has 0 saturated carbocycles. The summed E-state index contributed by atoms with van der Waals surface area (Å²) in [5, 5.41) is 0.738. The van der Waals surface area contributed by atoms with Gasteiger partial charge in [0.05, 0.1) is 22.5 Å². The number of fused-ring (bicyclic) bond motifs is 1. The Kier molecular flexibility index (Phi) is 6.99. The van der Waals surface area contributed by atoms with Crippen LogP contribution in [-0.2, 0) is 11.3 Å². The van der Waals surface area contributed by atoms with Gasteiger partial charge >= 0.3 is 0 Å². The van der Waals surface area contributed by atoms with Crippen LogP contribution in [0.15, 0.2) is 71.8 Å². The fourth-order valence-electron chi connectivity index (χ4n) is 3.23. The molecule has 0 radical (unpaired) electrons. The predicted octanol–water partition coefficient (Wildman–Crippen LogP) is 6.41. The van der Waals surface area contributed by atoms with E-state index in [1.165, 1.54) is 16.0 Å². The Balaban J connectivity index is 1.46. The van der Waals surface area contributed by atoms with Gasteiger partial charge in [-0.3, -0.25) is 14.7 Å². The van der Waals surface area contributed by atoms with Crippen LogP contribution in [0.25, 0.3) is 10.2 Å². The molecule has 2 aromatic carbocycles. The largest absolute Gasteiger partial charge is 0.282 e. The minimum absolute atomic E-state index is 0.0888. The van der Waals surface area contributed by atoms with Crippen LogP contribution >= 0.6 is 23.1 Å². The van der Waals surface area contributed by atoms with Gasteiger partial charge in [0.15, 0.2) is 5.13 Å². The molecular weight excluding hydrogens is 422 g/mol. The lowest BCUT2D eigenvalue weighted by molar-refractivity contribution is -0.118. The van der Waals surface area contributed by atoms with Crippen molar-refractivity contribution in [2.24, 2.45) is 0 Å². The van der Waals surface area contributed by atoms with Crippen molar-refractivity contribution in [2.75, 3.05) is 10.7 Å². The first-order chi connectivity index (χ1) is 15.1. The molecule has 0 N–H and O–H groups in total. The first-order valence-corrected chi connectivity index (χ1v) is 12.2. The average Bonchev–Trinajstić information content (AvgIpc) is 3.19. The number of benzene rings is 2. The molecule has 0 aliphatic carbocycles. The Hall–Kier alpha value is -2.70. The highest BCUT2D eigenvalue weighted by Gasteiger charge is 2.20. The average molecular weight is 448 g/mol. The van der Waals surface area contributed by atoms with Gasteiger partial charge in [-0.05, 0) is 68.0 Å². The van der Waals surface area contributed by atoms with E-state index in [0.29, 0.717) is 13.0 Å². The van der Waals surface area contributed by atoms with Crippen LogP contribution in [0.3, 0.4) is 0 Å². The van der Waals surface area contributed by atoms with Crippen molar-refractivity contribution in [2.45, 2.75) is 38.1 Å². The lowest BCUT2D eigenvalue weighted by atomic mass is 10.2. The second-order valence-corrected chi connectivity index (χ2v) is 9.71. The zero-order valence-corrected chi connectivity index (χ0v) is 19.4. The molecule has 2 aromatic heterocycles. The summed E-state index contributed by atoms with van der Waals surface area (Å²) in [6, 6.07) is 20.5. The van der Waals surface area contributed by atoms with E-state index in [-0.39, 0.29) is 5.91 Å². The summed E-state index contributed by atoms with van der Waals surface area (Å²) in [5.41, 5.74) is 4.24. The number of thioether (sulfide) groups is 1. The number of rotatable bonds is 8. The minimum atomic E-state index is 0.0888. The summed E-state index contributed by atoms with van der Waals surface area (Å²) in [6.07, 6.45) is 3.07. The van der Waals surface area contributed by atoms with Crippen molar-refractivity contribution in [1.82, 2.24) is 9.97 Å². The molecule has 2 heterocycles. The van der Waals surface area contributed by atoms with Crippen molar-refractivity contribution in [1.29, 1.82) is 0 Å². The van der Waals surface area contributed by atoms with Crippen LogP contribution < -0.4 is 4.90 Å². The van der Waals surface area contributed by atoms with Crippen LogP contribution in [0.2, 0.25) is 0 Å². The van der Waals surface area contributed by atoms with Gasteiger partial charge in [0.2, 0.25) is 5.91 Å². The molecule has 0 aliphatic rings. The molecule has 0 spiro atoms. The first kappa shape index (κ1) is 21.5. The van der Waals surface area contributed by atoms with Gasteiger partial charge in [-0.15, -0.1) is 11.8 Å². The lowest BCUT2D eigenvalue weighted by Gasteiger charge is -2.19. The van der Waals surface area contributed by atoms with Crippen molar-refractivity contribution >= 4 is 44.4 Å². The maximum absolute atomic E-state index is 13.2. The molecular formula is C25H25N3OS2. The zero-order valence-electron chi connectivity index (χ0n) is 17.7. The van der Waals surface area contributed by atoms with Crippen molar-refractivity contribution in [3.8, 4) is 0 Å². The van der Waals surface area contributed by atoms with E-state index in [1.807, 2.05) is 24.3 Å². The van der Waals surface area contributed by atoms with E-state index >= 15 is 0 Å². The third-order valence-corrected chi connectivity index (χ3v) is 7.08. The number of amides is 1. The van der Waals surface area contributed by atoms with E-state index in [1.54, 1.807) is 34.2 Å². The number of nitrogens with zero attached hydrogens (tertiary/aromatic N) is 3. The standard InChI is InChI=1S/C25H25N3OS2/c1-18-8-11-21(12-9-18)30-15-5-7-24(29)28(17-20-6-3-4-14-26-20)25-27-22-13-10-19(2)16-23(22)31-25/h3-4,6,8-14,16H,5,7,15,17H2,1-2H3. The highest BCUT2D eigenvalue weighted by Crippen LogP contribution is 2.31. The SMILES string of the molecule is Cc1ccc(SCCCC(=O)N(Cc2ccccn2)c2nc3ccc(C)cc3s2)cc1. The second kappa shape index (κ2) is 10.1. The maximum atomic E-state index is 13.2. The van der Waals surface area contributed by atoms with Crippen LogP contribution in [-0.4, -0.2) is 21.6 Å². The number of hydrogen-bond acceptors (Lipinski definition) is 5. The summed E-state index contributed by atoms with van der Waals surface area (Å²) in [4.78, 5) is 25.4. The van der Waals surface area contributed by atoms with Gasteiger partial charge < -0.3 is 0 Å². The first-order valence-electron chi connectivity index (χ1n) is 10.4. The Bertz CT molecular complexity index is 1160.